The van der Waals surface area contributed by atoms with Gasteiger partial charge in [-0.25, -0.2) is 0 Å². The highest BCUT2D eigenvalue weighted by molar-refractivity contribution is 5.71. The summed E-state index contributed by atoms with van der Waals surface area (Å²) in [6.45, 7) is 6.62. The van der Waals surface area contributed by atoms with Gasteiger partial charge in [0.25, 0.3) is 0 Å². The van der Waals surface area contributed by atoms with E-state index >= 15 is 0 Å². The van der Waals surface area contributed by atoms with E-state index in [0.29, 0.717) is 19.3 Å². The van der Waals surface area contributed by atoms with Crippen molar-refractivity contribution >= 4 is 17.9 Å². The van der Waals surface area contributed by atoms with E-state index in [2.05, 4.69) is 57.2 Å². The van der Waals surface area contributed by atoms with Crippen LogP contribution in [0.1, 0.15) is 303 Å². The number of ether oxygens (including phenoxy) is 3. The van der Waals surface area contributed by atoms with Crippen molar-refractivity contribution < 1.29 is 28.6 Å². The van der Waals surface area contributed by atoms with Gasteiger partial charge in [-0.05, 0) is 77.0 Å². The van der Waals surface area contributed by atoms with E-state index in [1.54, 1.807) is 0 Å². The van der Waals surface area contributed by atoms with Crippen molar-refractivity contribution in [3.05, 3.63) is 36.5 Å². The van der Waals surface area contributed by atoms with Crippen LogP contribution in [0.3, 0.4) is 0 Å². The number of carbonyl (C=O) groups excluding carboxylic acids is 3. The van der Waals surface area contributed by atoms with Crippen LogP contribution in [0.2, 0.25) is 0 Å². The molecule has 0 radical (unpaired) electrons. The molecule has 0 spiro atoms. The van der Waals surface area contributed by atoms with E-state index in [0.717, 1.165) is 70.6 Å². The normalized spacial score (nSPS) is 12.2. The second-order valence-electron chi connectivity index (χ2n) is 19.2. The second kappa shape index (κ2) is 54.2. The van der Waals surface area contributed by atoms with Crippen molar-refractivity contribution in [1.82, 2.24) is 0 Å². The average Bonchev–Trinajstić information content (AvgIpc) is 3.30. The number of hydrogen-bond donors (Lipinski definition) is 0. The van der Waals surface area contributed by atoms with Crippen molar-refractivity contribution in [2.45, 2.75) is 309 Å². The van der Waals surface area contributed by atoms with Crippen LogP contribution in [-0.2, 0) is 28.6 Å². The summed E-state index contributed by atoms with van der Waals surface area (Å²) in [4.78, 5) is 38.0. The summed E-state index contributed by atoms with van der Waals surface area (Å²) in [7, 11) is 0. The molecule has 65 heavy (non-hydrogen) atoms. The summed E-state index contributed by atoms with van der Waals surface area (Å²) >= 11 is 0. The Morgan fingerprint density at radius 3 is 0.892 bits per heavy atom. The Hall–Kier alpha value is -2.37. The predicted molar refractivity (Wildman–Crippen MR) is 279 cm³/mol. The Kier molecular flexibility index (Phi) is 52.3. The Bertz CT molecular complexity index is 1090. The Labute approximate surface area is 404 Å². The van der Waals surface area contributed by atoms with Gasteiger partial charge in [-0.3, -0.25) is 14.4 Å². The number of esters is 3. The standard InChI is InChI=1S/C59H108O6/c1-4-7-10-13-16-19-22-25-26-27-28-29-30-31-32-33-34-35-38-40-43-46-49-52-58(61)64-55-56(65-59(62)53-50-47-44-41-37-24-21-18-15-12-9-6-3)54-63-57(60)51-48-45-42-39-36-23-20-17-14-11-8-5-2/h18,21-22,25,27-28,56H,4-17,19-20,23-24,26,29-55H2,1-3H3/b21-18-,25-22-,28-27-. The Morgan fingerprint density at radius 1 is 0.308 bits per heavy atom. The SMILES string of the molecule is CCCCC/C=C\CCCCCCCC(=O)OC(COC(=O)CCCCCCCCCCCCCC)COC(=O)CCCCCCCCCCCCC/C=C\C/C=C\CCCCCCC. The summed E-state index contributed by atoms with van der Waals surface area (Å²) in [5.41, 5.74) is 0. The minimum atomic E-state index is -0.773. The van der Waals surface area contributed by atoms with Gasteiger partial charge in [-0.2, -0.15) is 0 Å². The van der Waals surface area contributed by atoms with E-state index in [1.165, 1.54) is 193 Å². The quantitative estimate of drug-likeness (QED) is 0.0262. The molecular weight excluding hydrogens is 805 g/mol. The van der Waals surface area contributed by atoms with Crippen molar-refractivity contribution in [1.29, 1.82) is 0 Å². The maximum atomic E-state index is 12.8. The largest absolute Gasteiger partial charge is 0.462 e. The molecule has 0 saturated carbocycles. The third-order valence-electron chi connectivity index (χ3n) is 12.6. The van der Waals surface area contributed by atoms with Crippen LogP contribution >= 0.6 is 0 Å². The molecule has 1 atom stereocenters. The van der Waals surface area contributed by atoms with Gasteiger partial charge in [0.05, 0.1) is 0 Å². The fraction of sp³-hybridized carbons (Fsp3) is 0.847. The predicted octanol–water partition coefficient (Wildman–Crippen LogP) is 18.9. The number of hydrogen-bond acceptors (Lipinski definition) is 6. The molecule has 0 aromatic heterocycles. The molecule has 0 bridgehead atoms. The zero-order valence-electron chi connectivity index (χ0n) is 43.5. The summed E-state index contributed by atoms with van der Waals surface area (Å²) in [5.74, 6) is -0.870. The van der Waals surface area contributed by atoms with Gasteiger partial charge >= 0.3 is 17.9 Å². The molecule has 0 rings (SSSR count). The van der Waals surface area contributed by atoms with E-state index in [9.17, 15) is 14.4 Å². The van der Waals surface area contributed by atoms with Gasteiger partial charge in [-0.15, -0.1) is 0 Å². The highest BCUT2D eigenvalue weighted by atomic mass is 16.6. The van der Waals surface area contributed by atoms with Crippen LogP contribution in [0.25, 0.3) is 0 Å². The van der Waals surface area contributed by atoms with Gasteiger partial charge in [-0.1, -0.05) is 243 Å². The molecule has 6 nitrogen and oxygen atoms in total. The second-order valence-corrected chi connectivity index (χ2v) is 19.2. The van der Waals surface area contributed by atoms with Crippen LogP contribution in [0.5, 0.6) is 0 Å². The molecule has 0 aliphatic heterocycles. The number of rotatable bonds is 52. The maximum Gasteiger partial charge on any atom is 0.306 e. The van der Waals surface area contributed by atoms with Crippen molar-refractivity contribution in [3.8, 4) is 0 Å². The molecule has 0 amide bonds. The molecule has 0 aromatic rings. The highest BCUT2D eigenvalue weighted by Gasteiger charge is 2.19. The molecular formula is C59H108O6. The lowest BCUT2D eigenvalue weighted by molar-refractivity contribution is -0.167. The summed E-state index contributed by atoms with van der Waals surface area (Å²) < 4.78 is 16.8. The van der Waals surface area contributed by atoms with Crippen LogP contribution in [-0.4, -0.2) is 37.2 Å². The topological polar surface area (TPSA) is 78.9 Å². The van der Waals surface area contributed by atoms with Gasteiger partial charge in [0.2, 0.25) is 0 Å². The minimum absolute atomic E-state index is 0.0726. The minimum Gasteiger partial charge on any atom is -0.462 e. The first-order chi connectivity index (χ1) is 32.0. The first-order valence-corrected chi connectivity index (χ1v) is 28.5. The van der Waals surface area contributed by atoms with Crippen molar-refractivity contribution in [2.75, 3.05) is 13.2 Å². The fourth-order valence-electron chi connectivity index (χ4n) is 8.29. The van der Waals surface area contributed by atoms with Crippen LogP contribution in [0.15, 0.2) is 36.5 Å². The third kappa shape index (κ3) is 52.5. The van der Waals surface area contributed by atoms with Crippen LogP contribution in [0.4, 0.5) is 0 Å². The van der Waals surface area contributed by atoms with Gasteiger partial charge in [0.15, 0.2) is 6.10 Å². The number of carbonyl (C=O) groups is 3. The van der Waals surface area contributed by atoms with Crippen LogP contribution in [0, 0.1) is 0 Å². The lowest BCUT2D eigenvalue weighted by atomic mass is 10.0. The molecule has 380 valence electrons. The number of allylic oxidation sites excluding steroid dienone is 6. The molecule has 0 N–H and O–H groups in total. The summed E-state index contributed by atoms with van der Waals surface area (Å²) in [5, 5.41) is 0. The molecule has 6 heteroatoms. The third-order valence-corrected chi connectivity index (χ3v) is 12.6. The molecule has 0 aliphatic carbocycles. The molecule has 1 unspecified atom stereocenters. The maximum absolute atomic E-state index is 12.8. The van der Waals surface area contributed by atoms with Gasteiger partial charge < -0.3 is 14.2 Å². The van der Waals surface area contributed by atoms with E-state index in [1.807, 2.05) is 0 Å². The Balaban J connectivity index is 4.24. The lowest BCUT2D eigenvalue weighted by Gasteiger charge is -2.18. The van der Waals surface area contributed by atoms with E-state index < -0.39 is 6.10 Å². The molecule has 0 heterocycles. The van der Waals surface area contributed by atoms with Gasteiger partial charge in [0.1, 0.15) is 13.2 Å². The summed E-state index contributed by atoms with van der Waals surface area (Å²) in [6, 6.07) is 0. The average molecular weight is 914 g/mol. The van der Waals surface area contributed by atoms with Crippen LogP contribution < -0.4 is 0 Å². The van der Waals surface area contributed by atoms with E-state index in [-0.39, 0.29) is 31.1 Å². The highest BCUT2D eigenvalue weighted by Crippen LogP contribution is 2.16. The Morgan fingerprint density at radius 2 is 0.554 bits per heavy atom. The molecule has 0 aromatic carbocycles. The molecule has 0 aliphatic rings. The van der Waals surface area contributed by atoms with E-state index in [4.69, 9.17) is 14.2 Å². The zero-order valence-corrected chi connectivity index (χ0v) is 43.5. The fourth-order valence-corrected chi connectivity index (χ4v) is 8.29. The van der Waals surface area contributed by atoms with Gasteiger partial charge in [0, 0.05) is 19.3 Å². The first kappa shape index (κ1) is 62.6. The number of unbranched alkanes of at least 4 members (excludes halogenated alkanes) is 35. The zero-order chi connectivity index (χ0) is 47.2. The lowest BCUT2D eigenvalue weighted by Crippen LogP contribution is -2.30. The van der Waals surface area contributed by atoms with Crippen molar-refractivity contribution in [2.24, 2.45) is 0 Å². The molecule has 0 fully saturated rings. The molecule has 0 saturated heterocycles. The first-order valence-electron chi connectivity index (χ1n) is 28.5. The monoisotopic (exact) mass is 913 g/mol. The smallest absolute Gasteiger partial charge is 0.306 e. The van der Waals surface area contributed by atoms with Crippen molar-refractivity contribution in [3.63, 3.8) is 0 Å². The summed E-state index contributed by atoms with van der Waals surface area (Å²) in [6.07, 6.45) is 64.2.